The van der Waals surface area contributed by atoms with Gasteiger partial charge in [0, 0.05) is 11.8 Å². The Labute approximate surface area is 214 Å². The zero-order valence-corrected chi connectivity index (χ0v) is 20.9. The molecule has 1 aliphatic rings. The van der Waals surface area contributed by atoms with Crippen molar-refractivity contribution in [2.24, 2.45) is 0 Å². The second-order valence-electron chi connectivity index (χ2n) is 9.22. The molecule has 0 spiro atoms. The molecule has 2 heterocycles. The number of carboxylic acids is 1. The van der Waals surface area contributed by atoms with E-state index in [9.17, 15) is 15.0 Å². The van der Waals surface area contributed by atoms with Crippen LogP contribution in [0.3, 0.4) is 0 Å². The highest BCUT2D eigenvalue weighted by Crippen LogP contribution is 2.35. The highest BCUT2D eigenvalue weighted by molar-refractivity contribution is 6.00. The summed E-state index contributed by atoms with van der Waals surface area (Å²) in [6.07, 6.45) is 2.75. The number of aliphatic hydroxyl groups is 1. The first-order chi connectivity index (χ1) is 17.9. The van der Waals surface area contributed by atoms with Gasteiger partial charge in [0.2, 0.25) is 0 Å². The van der Waals surface area contributed by atoms with Crippen LogP contribution in [0.25, 0.3) is 11.0 Å². The molecule has 192 valence electrons. The third-order valence-electron chi connectivity index (χ3n) is 6.90. The Balaban J connectivity index is 1.49. The number of methoxy groups -OCH3 is 2. The topological polar surface area (TPSA) is 116 Å². The number of ether oxygens (including phenoxy) is 3. The van der Waals surface area contributed by atoms with Gasteiger partial charge in [0.1, 0.15) is 34.7 Å². The number of hydrogen-bond acceptors (Lipinski definition) is 7. The zero-order valence-electron chi connectivity index (χ0n) is 20.9. The number of pyridine rings is 1. The number of aromatic nitrogens is 3. The van der Waals surface area contributed by atoms with Gasteiger partial charge in [0.25, 0.3) is 0 Å². The molecule has 9 heteroatoms. The van der Waals surface area contributed by atoms with Crippen LogP contribution in [0.2, 0.25) is 0 Å². The third-order valence-corrected chi connectivity index (χ3v) is 6.90. The van der Waals surface area contributed by atoms with Crippen molar-refractivity contribution >= 4 is 17.0 Å². The molecule has 37 heavy (non-hydrogen) atoms. The summed E-state index contributed by atoms with van der Waals surface area (Å²) in [5.74, 6) is 0.120. The van der Waals surface area contributed by atoms with Gasteiger partial charge in [-0.3, -0.25) is 9.67 Å². The standard InChI is InChI=1S/C28H29N3O6/c1-16-23(35-2)12-19(13-24(16)36-3)27(32)25(37-20-10-17-6-4-5-7-18(17)11-20)15-31-14-22-26(30-31)21(28(33)34)8-9-29-22/h4-9,12-14,20,25,27,32H,10-11,15H2,1-3H3,(H,33,34)/t25-,27+/m0/s1. The number of carboxylic acid groups (broad SMARTS) is 1. The smallest absolute Gasteiger partial charge is 0.338 e. The fraction of sp³-hybridized carbons (Fsp3) is 0.321. The zero-order chi connectivity index (χ0) is 26.1. The molecule has 4 aromatic rings. The molecule has 2 atom stereocenters. The number of rotatable bonds is 9. The molecule has 2 N–H and O–H groups in total. The summed E-state index contributed by atoms with van der Waals surface area (Å²) >= 11 is 0. The van der Waals surface area contributed by atoms with E-state index in [1.165, 1.54) is 23.4 Å². The van der Waals surface area contributed by atoms with E-state index in [1.807, 2.05) is 19.1 Å². The van der Waals surface area contributed by atoms with Crippen LogP contribution in [-0.4, -0.2) is 57.4 Å². The predicted octanol–water partition coefficient (Wildman–Crippen LogP) is 3.74. The minimum Gasteiger partial charge on any atom is -0.496 e. The van der Waals surface area contributed by atoms with Gasteiger partial charge in [-0.15, -0.1) is 0 Å². The minimum atomic E-state index is -1.08. The fourth-order valence-corrected chi connectivity index (χ4v) is 4.99. The molecule has 5 rings (SSSR count). The number of nitrogens with zero attached hydrogens (tertiary/aromatic N) is 3. The van der Waals surface area contributed by atoms with Crippen LogP contribution in [0, 0.1) is 6.92 Å². The van der Waals surface area contributed by atoms with Gasteiger partial charge in [-0.1, -0.05) is 24.3 Å². The summed E-state index contributed by atoms with van der Waals surface area (Å²) in [5, 5.41) is 25.6. The lowest BCUT2D eigenvalue weighted by atomic mass is 10.0. The Morgan fingerprint density at radius 2 is 1.76 bits per heavy atom. The SMILES string of the molecule is COc1cc([C@@H](O)[C@H](Cn2cc3nccc(C(=O)O)c3n2)OC2Cc3ccccc3C2)cc(OC)c1C. The number of aromatic carboxylic acids is 1. The lowest BCUT2D eigenvalue weighted by Gasteiger charge is -2.27. The molecule has 0 bridgehead atoms. The second kappa shape index (κ2) is 10.2. The van der Waals surface area contributed by atoms with Crippen LogP contribution in [-0.2, 0) is 24.1 Å². The second-order valence-corrected chi connectivity index (χ2v) is 9.22. The average molecular weight is 504 g/mol. The van der Waals surface area contributed by atoms with E-state index in [-0.39, 0.29) is 23.7 Å². The van der Waals surface area contributed by atoms with Crippen molar-refractivity contribution in [3.05, 3.63) is 82.7 Å². The molecule has 0 saturated heterocycles. The number of aliphatic hydroxyl groups excluding tert-OH is 1. The fourth-order valence-electron chi connectivity index (χ4n) is 4.99. The monoisotopic (exact) mass is 503 g/mol. The van der Waals surface area contributed by atoms with Crippen molar-refractivity contribution in [3.8, 4) is 11.5 Å². The first-order valence-electron chi connectivity index (χ1n) is 12.1. The maximum absolute atomic E-state index is 11.7. The predicted molar refractivity (Wildman–Crippen MR) is 136 cm³/mol. The number of fused-ring (bicyclic) bond motifs is 2. The van der Waals surface area contributed by atoms with Gasteiger partial charge < -0.3 is 24.4 Å². The molecule has 0 saturated carbocycles. The van der Waals surface area contributed by atoms with E-state index in [2.05, 4.69) is 22.2 Å². The Morgan fingerprint density at radius 1 is 1.11 bits per heavy atom. The maximum Gasteiger partial charge on any atom is 0.338 e. The van der Waals surface area contributed by atoms with Gasteiger partial charge in [-0.05, 0) is 54.7 Å². The Hall–Kier alpha value is -3.95. The highest BCUT2D eigenvalue weighted by atomic mass is 16.5. The van der Waals surface area contributed by atoms with Crippen molar-refractivity contribution in [1.82, 2.24) is 14.8 Å². The number of carbonyl (C=O) groups is 1. The molecule has 0 radical (unpaired) electrons. The molecule has 0 amide bonds. The first kappa shape index (κ1) is 24.7. The Bertz CT molecular complexity index is 1400. The minimum absolute atomic E-state index is 0.0704. The number of benzene rings is 2. The van der Waals surface area contributed by atoms with Gasteiger partial charge >= 0.3 is 5.97 Å². The van der Waals surface area contributed by atoms with Gasteiger partial charge in [0.15, 0.2) is 0 Å². The molecule has 0 fully saturated rings. The van der Waals surface area contributed by atoms with Crippen LogP contribution in [0.1, 0.15) is 38.7 Å². The van der Waals surface area contributed by atoms with Crippen LogP contribution in [0.4, 0.5) is 0 Å². The highest BCUT2D eigenvalue weighted by Gasteiger charge is 2.31. The van der Waals surface area contributed by atoms with E-state index in [1.54, 1.807) is 37.2 Å². The third kappa shape index (κ3) is 4.87. The molecule has 2 aromatic carbocycles. The van der Waals surface area contributed by atoms with Crippen molar-refractivity contribution in [2.75, 3.05) is 14.2 Å². The van der Waals surface area contributed by atoms with Gasteiger partial charge in [-0.2, -0.15) is 5.10 Å². The summed E-state index contributed by atoms with van der Waals surface area (Å²) < 4.78 is 19.2. The van der Waals surface area contributed by atoms with Gasteiger partial charge in [-0.25, -0.2) is 4.79 Å². The quantitative estimate of drug-likeness (QED) is 0.355. The van der Waals surface area contributed by atoms with E-state index in [0.29, 0.717) is 22.6 Å². The van der Waals surface area contributed by atoms with Crippen molar-refractivity contribution in [1.29, 1.82) is 0 Å². The molecule has 2 aromatic heterocycles. The molecular weight excluding hydrogens is 474 g/mol. The molecule has 0 unspecified atom stereocenters. The first-order valence-corrected chi connectivity index (χ1v) is 12.1. The number of hydrogen-bond donors (Lipinski definition) is 2. The Morgan fingerprint density at radius 3 is 2.35 bits per heavy atom. The van der Waals surface area contributed by atoms with Crippen LogP contribution in [0.15, 0.2) is 54.9 Å². The Kier molecular flexibility index (Phi) is 6.82. The average Bonchev–Trinajstić information content (AvgIpc) is 3.50. The summed E-state index contributed by atoms with van der Waals surface area (Å²) in [5.41, 5.74) is 4.70. The van der Waals surface area contributed by atoms with E-state index >= 15 is 0 Å². The normalized spacial score (nSPS) is 14.9. The maximum atomic E-state index is 11.7. The van der Waals surface area contributed by atoms with E-state index in [0.717, 1.165) is 18.4 Å². The summed E-state index contributed by atoms with van der Waals surface area (Å²) in [7, 11) is 3.15. The summed E-state index contributed by atoms with van der Waals surface area (Å²) in [4.78, 5) is 15.9. The van der Waals surface area contributed by atoms with Crippen molar-refractivity contribution < 1.29 is 29.2 Å². The van der Waals surface area contributed by atoms with Crippen LogP contribution >= 0.6 is 0 Å². The van der Waals surface area contributed by atoms with Gasteiger partial charge in [0.05, 0.1) is 38.6 Å². The van der Waals surface area contributed by atoms with Crippen molar-refractivity contribution in [3.63, 3.8) is 0 Å². The summed E-state index contributed by atoms with van der Waals surface area (Å²) in [6.45, 7) is 2.07. The van der Waals surface area contributed by atoms with Crippen molar-refractivity contribution in [2.45, 2.75) is 44.6 Å². The molecule has 9 nitrogen and oxygen atoms in total. The van der Waals surface area contributed by atoms with E-state index in [4.69, 9.17) is 14.2 Å². The van der Waals surface area contributed by atoms with E-state index < -0.39 is 18.2 Å². The summed E-state index contributed by atoms with van der Waals surface area (Å²) in [6, 6.07) is 13.2. The molecule has 1 aliphatic carbocycles. The van der Waals surface area contributed by atoms with Crippen LogP contribution < -0.4 is 9.47 Å². The molecule has 0 aliphatic heterocycles. The lowest BCUT2D eigenvalue weighted by Crippen LogP contribution is -2.32. The molecular formula is C28H29N3O6. The van der Waals surface area contributed by atoms with Crippen LogP contribution in [0.5, 0.6) is 11.5 Å². The lowest BCUT2D eigenvalue weighted by molar-refractivity contribution is -0.0835. The largest absolute Gasteiger partial charge is 0.496 e.